The molecule has 14 heteroatoms. The number of aliphatic carboxylic acids is 1. The van der Waals surface area contributed by atoms with Gasteiger partial charge in [-0.25, -0.2) is 0 Å². The Morgan fingerprint density at radius 3 is 1.30 bits per heavy atom. The van der Waals surface area contributed by atoms with Crippen LogP contribution in [0.4, 0.5) is 0 Å². The fourth-order valence-electron chi connectivity index (χ4n) is 2.14. The number of Topliss-reactive ketones (excluding diaryl/α,β-unsaturated/α-hetero) is 1. The van der Waals surface area contributed by atoms with Crippen LogP contribution in [0.25, 0.3) is 0 Å². The Morgan fingerprint density at radius 2 is 1.15 bits per heavy atom. The first kappa shape index (κ1) is 57.3. The Labute approximate surface area is 310 Å². The van der Waals surface area contributed by atoms with Crippen LogP contribution >= 0.6 is 83.4 Å². The molecule has 0 amide bonds. The van der Waals surface area contributed by atoms with Crippen molar-refractivity contribution in [3.05, 3.63) is 0 Å². The molecule has 0 spiro atoms. The minimum atomic E-state index is -0.912. The third-order valence-electron chi connectivity index (χ3n) is 4.15. The summed E-state index contributed by atoms with van der Waals surface area (Å²) in [5, 5.41) is 8.55. The third kappa shape index (κ3) is 67.4. The molecule has 3 N–H and O–H groups in total. The largest absolute Gasteiger partial charge is 1.00 e. The molecular formula is C26H53Cl4N2NaO3S4. The first-order chi connectivity index (χ1) is 17.5. The Hall–Kier alpha value is 1.65. The van der Waals surface area contributed by atoms with Crippen molar-refractivity contribution in [1.82, 2.24) is 4.90 Å². The number of hydrogen-bond donors (Lipinski definition) is 2. The number of nitrogens with zero attached hydrogens (tertiary/aromatic N) is 1. The standard InChI is InChI=1S/C9H19NS2.C8H18.C5H9NO2S2.C3H6O.CHCl3.ClH.Na/c1-3-5-7-10(9(11)12)8-6-4-2;1-3-5-7-8-6-4-2;1-5(2,3(7)8)10-4(6)9;1-3(2)4;2-1(3)4;;/h3-8H2,1-2H3,(H,11,12);3-8H2,1-2H3;1-2H3,(H2,6,9)(H,7,8);1-2H3;1H;1H;/q;;;;;;+1/p-1. The van der Waals surface area contributed by atoms with Gasteiger partial charge in [0.15, 0.2) is 4.30 Å². The van der Waals surface area contributed by atoms with E-state index in [1.165, 1.54) is 78.1 Å². The van der Waals surface area contributed by atoms with E-state index in [4.69, 9.17) is 70.5 Å². The number of thioether (sulfide) groups is 1. The van der Waals surface area contributed by atoms with Crippen LogP contribution in [0.15, 0.2) is 0 Å². The topological polar surface area (TPSA) is 83.6 Å². The number of nitrogens with two attached hydrogens (primary N) is 1. The normalized spacial score (nSPS) is 9.20. The van der Waals surface area contributed by atoms with Crippen LogP contribution in [0.5, 0.6) is 0 Å². The molecule has 0 aliphatic rings. The van der Waals surface area contributed by atoms with Crippen molar-refractivity contribution >= 4 is 116 Å². The minimum Gasteiger partial charge on any atom is -0.480 e. The molecule has 0 heterocycles. The zero-order valence-electron chi connectivity index (χ0n) is 26.0. The van der Waals surface area contributed by atoms with Crippen LogP contribution in [0, 0.1) is 0 Å². The number of rotatable bonds is 13. The Bertz CT molecular complexity index is 575. The van der Waals surface area contributed by atoms with E-state index in [9.17, 15) is 9.59 Å². The third-order valence-corrected chi connectivity index (χ3v) is 5.80. The van der Waals surface area contributed by atoms with E-state index in [1.807, 2.05) is 0 Å². The molecular weight excluding hydrogens is 681 g/mol. The van der Waals surface area contributed by atoms with E-state index >= 15 is 0 Å². The summed E-state index contributed by atoms with van der Waals surface area (Å²) in [6, 6.07) is 0. The molecule has 238 valence electrons. The molecule has 0 radical (unpaired) electrons. The fourth-order valence-corrected chi connectivity index (χ4v) is 3.72. The average molecular weight is 735 g/mol. The van der Waals surface area contributed by atoms with Crippen molar-refractivity contribution in [2.75, 3.05) is 13.1 Å². The Kier molecular flexibility index (Phi) is 61.3. The second kappa shape index (κ2) is 42.8. The number of alkyl halides is 3. The van der Waals surface area contributed by atoms with Crippen molar-refractivity contribution < 1.29 is 44.3 Å². The predicted octanol–water partition coefficient (Wildman–Crippen LogP) is 6.92. The van der Waals surface area contributed by atoms with Gasteiger partial charge in [0.2, 0.25) is 0 Å². The van der Waals surface area contributed by atoms with Crippen LogP contribution in [0.2, 0.25) is 0 Å². The van der Waals surface area contributed by atoms with Crippen LogP contribution in [-0.2, 0) is 22.2 Å². The molecule has 0 unspecified atom stereocenters. The van der Waals surface area contributed by atoms with E-state index in [-0.39, 0.29) is 52.1 Å². The molecule has 0 aromatic heterocycles. The van der Waals surface area contributed by atoms with Gasteiger partial charge in [-0.3, -0.25) is 4.79 Å². The molecule has 5 nitrogen and oxygen atoms in total. The van der Waals surface area contributed by atoms with Gasteiger partial charge in [-0.15, -0.1) is 12.4 Å². The second-order valence-corrected chi connectivity index (χ2v) is 14.1. The molecule has 0 saturated carbocycles. The SMILES string of the molecule is CC(C)(SC(N)=S)C(=O)O.CC(C)=O.CCCCCCCC.CCCCN(CCCC)C(=S)[S-].Cl.ClC(Cl)Cl.[Na+]. The number of halogens is 4. The van der Waals surface area contributed by atoms with Gasteiger partial charge >= 0.3 is 35.5 Å². The van der Waals surface area contributed by atoms with Gasteiger partial charge in [0.1, 0.15) is 14.9 Å². The number of carbonyl (C=O) groups excluding carboxylic acids is 1. The van der Waals surface area contributed by atoms with Gasteiger partial charge in [-0.2, -0.15) is 0 Å². The van der Waals surface area contributed by atoms with E-state index in [2.05, 4.69) is 44.8 Å². The van der Waals surface area contributed by atoms with Gasteiger partial charge in [0.05, 0.1) is 0 Å². The number of unbranched alkanes of at least 4 members (excludes halogenated alkanes) is 7. The Balaban J connectivity index is -0.0000000712. The fraction of sp³-hybridized carbons (Fsp3) is 0.846. The number of thiocarbonyl (C=S) groups is 2. The minimum absolute atomic E-state index is 0. The van der Waals surface area contributed by atoms with Gasteiger partial charge in [-0.1, -0.05) is 142 Å². The molecule has 0 saturated heterocycles. The maximum absolute atomic E-state index is 10.4. The summed E-state index contributed by atoms with van der Waals surface area (Å²) in [4.78, 5) is 22.0. The number of carboxylic acid groups (broad SMARTS) is 1. The van der Waals surface area contributed by atoms with Crippen LogP contribution in [-0.4, -0.2) is 52.5 Å². The van der Waals surface area contributed by atoms with Gasteiger partial charge < -0.3 is 45.4 Å². The number of carbonyl (C=O) groups is 2. The average Bonchev–Trinajstić information content (AvgIpc) is 2.76. The number of ketones is 1. The quantitative estimate of drug-likeness (QED) is 0.0689. The van der Waals surface area contributed by atoms with Gasteiger partial charge in [-0.05, 0) is 40.5 Å². The number of hydrogen-bond acceptors (Lipinski definition) is 6. The van der Waals surface area contributed by atoms with Crippen LogP contribution < -0.4 is 35.3 Å². The van der Waals surface area contributed by atoms with Crippen molar-refractivity contribution in [2.24, 2.45) is 5.73 Å². The molecule has 0 aliphatic heterocycles. The van der Waals surface area contributed by atoms with E-state index in [0.717, 1.165) is 24.9 Å². The van der Waals surface area contributed by atoms with Crippen molar-refractivity contribution in [3.8, 4) is 0 Å². The summed E-state index contributed by atoms with van der Waals surface area (Å²) in [7, 11) is 0. The first-order valence-corrected chi connectivity index (χ1v) is 16.4. The van der Waals surface area contributed by atoms with Crippen LogP contribution in [0.1, 0.15) is 120 Å². The number of carboxylic acids is 1. The maximum atomic E-state index is 10.4. The second-order valence-electron chi connectivity index (χ2n) is 8.77. The summed E-state index contributed by atoms with van der Waals surface area (Å²) < 4.78 is -0.865. The zero-order chi connectivity index (χ0) is 31.2. The van der Waals surface area contributed by atoms with Gasteiger partial charge in [0, 0.05) is 13.1 Å². The molecule has 0 aliphatic carbocycles. The molecule has 0 aromatic rings. The van der Waals surface area contributed by atoms with Crippen molar-refractivity contribution in [2.45, 2.75) is 129 Å². The summed E-state index contributed by atoms with van der Waals surface area (Å²) in [5.74, 6) is -0.745. The molecule has 40 heavy (non-hydrogen) atoms. The van der Waals surface area contributed by atoms with Crippen molar-refractivity contribution in [3.63, 3.8) is 0 Å². The first-order valence-electron chi connectivity index (χ1n) is 13.0. The predicted molar refractivity (Wildman–Crippen MR) is 191 cm³/mol. The summed E-state index contributed by atoms with van der Waals surface area (Å²) >= 11 is 29.9. The van der Waals surface area contributed by atoms with E-state index in [1.54, 1.807) is 13.8 Å². The Morgan fingerprint density at radius 1 is 0.875 bits per heavy atom. The monoisotopic (exact) mass is 732 g/mol. The van der Waals surface area contributed by atoms with Crippen LogP contribution in [0.3, 0.4) is 0 Å². The summed E-state index contributed by atoms with van der Waals surface area (Å²) in [6.45, 7) is 17.1. The summed E-state index contributed by atoms with van der Waals surface area (Å²) in [6.07, 6.45) is 13.3. The molecule has 0 aromatic carbocycles. The molecule has 0 fully saturated rings. The van der Waals surface area contributed by atoms with E-state index < -0.39 is 15.0 Å². The van der Waals surface area contributed by atoms with Crippen molar-refractivity contribution in [1.29, 1.82) is 0 Å². The summed E-state index contributed by atoms with van der Waals surface area (Å²) in [5.41, 5.74) is 5.15. The maximum Gasteiger partial charge on any atom is 1.00 e. The molecule has 0 atom stereocenters. The molecule has 0 bridgehead atoms. The zero-order valence-corrected chi connectivity index (χ0v) is 34.4. The smallest absolute Gasteiger partial charge is 0.480 e. The molecule has 0 rings (SSSR count). The van der Waals surface area contributed by atoms with E-state index in [0.29, 0.717) is 4.32 Å². The van der Waals surface area contributed by atoms with Gasteiger partial charge in [0.25, 0.3) is 0 Å².